The molecule has 0 atom stereocenters. The second-order valence-corrected chi connectivity index (χ2v) is 9.71. The Morgan fingerprint density at radius 1 is 0.442 bits per heavy atom. The maximum absolute atomic E-state index is 8.60. The third-order valence-electron chi connectivity index (χ3n) is 7.13. The number of hydrogen-bond donors (Lipinski definition) is 0. The van der Waals surface area contributed by atoms with Gasteiger partial charge in [-0.05, 0) is 22.8 Å². The summed E-state index contributed by atoms with van der Waals surface area (Å²) < 4.78 is 89.0. The zero-order valence-electron chi connectivity index (χ0n) is 32.4. The summed E-state index contributed by atoms with van der Waals surface area (Å²) in [6, 6.07) is 22.9. The lowest BCUT2D eigenvalue weighted by Gasteiger charge is -2.10. The number of nitrogens with zero attached hydrogens (tertiary/aromatic N) is 3. The Hall–Kier alpha value is -5.87. The minimum Gasteiger partial charge on any atom is -0.455 e. The van der Waals surface area contributed by atoms with Gasteiger partial charge in [-0.15, -0.1) is 0 Å². The number of para-hydroxylation sites is 1. The van der Waals surface area contributed by atoms with E-state index in [1.54, 1.807) is 48.5 Å². The number of hydrogen-bond acceptors (Lipinski definition) is 4. The molecule has 0 unspecified atom stereocenters. The van der Waals surface area contributed by atoms with E-state index >= 15 is 0 Å². The van der Waals surface area contributed by atoms with Gasteiger partial charge in [0.25, 0.3) is 0 Å². The van der Waals surface area contributed by atoms with Crippen LogP contribution < -0.4 is 0 Å². The van der Waals surface area contributed by atoms with E-state index in [-0.39, 0.29) is 35.3 Å². The lowest BCUT2D eigenvalue weighted by molar-refractivity contribution is 0.670. The third kappa shape index (κ3) is 4.55. The van der Waals surface area contributed by atoms with E-state index < -0.39 is 36.3 Å². The first-order chi connectivity index (χ1) is 25.5. The number of benzene rings is 6. The minimum absolute atomic E-state index is 0.0306. The predicted octanol–water partition coefficient (Wildman–Crippen LogP) is 10.1. The van der Waals surface area contributed by atoms with Gasteiger partial charge in [-0.3, -0.25) is 0 Å². The van der Waals surface area contributed by atoms with Gasteiger partial charge >= 0.3 is 0 Å². The largest absolute Gasteiger partial charge is 0.455 e. The molecule has 0 aliphatic carbocycles. The van der Waals surface area contributed by atoms with E-state index in [1.807, 2.05) is 42.5 Å². The number of fused-ring (bicyclic) bond motifs is 3. The van der Waals surface area contributed by atoms with Crippen molar-refractivity contribution < 1.29 is 18.1 Å². The normalized spacial score (nSPS) is 14.5. The lowest BCUT2D eigenvalue weighted by atomic mass is 10.0. The van der Waals surface area contributed by atoms with Crippen molar-refractivity contribution in [3.63, 3.8) is 0 Å². The Morgan fingerprint density at radius 3 is 1.74 bits per heavy atom. The van der Waals surface area contributed by atoms with Crippen LogP contribution in [0.4, 0.5) is 0 Å². The maximum atomic E-state index is 8.60. The van der Waals surface area contributed by atoms with Crippen molar-refractivity contribution in [3.05, 3.63) is 151 Å². The first-order valence-electron chi connectivity index (χ1n) is 18.5. The van der Waals surface area contributed by atoms with Gasteiger partial charge in [0.2, 0.25) is 0 Å². The zero-order valence-corrected chi connectivity index (χ0v) is 22.4. The Bertz CT molecular complexity index is 2730. The van der Waals surface area contributed by atoms with Crippen molar-refractivity contribution in [2.75, 3.05) is 0 Å². The highest BCUT2D eigenvalue weighted by Gasteiger charge is 2.19. The SMILES string of the molecule is [2H]c1c([2H])c([2H])c(-c2ccc(-c3nc(-c4ccccc4)nc(-c4cccc5oc6c(-c7c([2H])c([2H])c([2H])c([2H])c7[2H])cccc6c45)n3)cc2)c([2H])c1[2H]. The summed E-state index contributed by atoms with van der Waals surface area (Å²) in [6.07, 6.45) is 0. The molecule has 0 N–H and O–H groups in total. The van der Waals surface area contributed by atoms with Crippen LogP contribution in [0, 0.1) is 0 Å². The summed E-state index contributed by atoms with van der Waals surface area (Å²) in [7, 11) is 0. The Balaban J connectivity index is 1.32. The van der Waals surface area contributed by atoms with Crippen LogP contribution in [-0.4, -0.2) is 15.0 Å². The summed E-state index contributed by atoms with van der Waals surface area (Å²) in [5.74, 6) is 1.04. The van der Waals surface area contributed by atoms with Gasteiger partial charge in [0.15, 0.2) is 17.5 Å². The molecule has 0 aliphatic heterocycles. The maximum Gasteiger partial charge on any atom is 0.164 e. The first-order valence-corrected chi connectivity index (χ1v) is 13.5. The molecule has 4 nitrogen and oxygen atoms in total. The van der Waals surface area contributed by atoms with Crippen LogP contribution in [0.3, 0.4) is 0 Å². The van der Waals surface area contributed by atoms with Gasteiger partial charge in [0.1, 0.15) is 11.2 Å². The van der Waals surface area contributed by atoms with Crippen LogP contribution in [-0.2, 0) is 0 Å². The summed E-state index contributed by atoms with van der Waals surface area (Å²) in [5.41, 5.74) is 3.66. The van der Waals surface area contributed by atoms with Crippen LogP contribution in [0.1, 0.15) is 13.7 Å². The molecule has 43 heavy (non-hydrogen) atoms. The summed E-state index contributed by atoms with van der Waals surface area (Å²) in [6.45, 7) is 0. The highest BCUT2D eigenvalue weighted by molar-refractivity contribution is 6.14. The molecular weight excluding hydrogens is 526 g/mol. The highest BCUT2D eigenvalue weighted by atomic mass is 16.3. The van der Waals surface area contributed by atoms with Gasteiger partial charge in [-0.25, -0.2) is 15.0 Å². The topological polar surface area (TPSA) is 51.8 Å². The molecule has 6 aromatic carbocycles. The van der Waals surface area contributed by atoms with E-state index in [9.17, 15) is 0 Å². The van der Waals surface area contributed by atoms with Crippen molar-refractivity contribution in [2.24, 2.45) is 0 Å². The minimum atomic E-state index is -0.480. The third-order valence-corrected chi connectivity index (χ3v) is 7.13. The smallest absolute Gasteiger partial charge is 0.164 e. The standard InChI is InChI=1S/C39H25N3O/c1-4-12-26(13-5-1)27-22-24-30(25-23-27)38-40-37(29-16-8-3-9-17-29)41-39(42-38)33-20-11-21-34-35(33)32-19-10-18-31(36(32)43-34)28-14-6-2-7-15-28/h1-25H/i1D,2D,4D,5D,6D,7D,12D,13D,14D,15D. The van der Waals surface area contributed by atoms with Crippen LogP contribution in [0.15, 0.2) is 156 Å². The lowest BCUT2D eigenvalue weighted by Crippen LogP contribution is -2.00. The van der Waals surface area contributed by atoms with Crippen molar-refractivity contribution in [1.82, 2.24) is 15.0 Å². The van der Waals surface area contributed by atoms with Gasteiger partial charge in [0, 0.05) is 33.0 Å². The monoisotopic (exact) mass is 561 g/mol. The molecule has 202 valence electrons. The van der Waals surface area contributed by atoms with Crippen molar-refractivity contribution in [1.29, 1.82) is 0 Å². The molecule has 0 radical (unpaired) electrons. The number of furan rings is 1. The molecule has 8 rings (SSSR count). The average Bonchev–Trinajstić information content (AvgIpc) is 3.58. The predicted molar refractivity (Wildman–Crippen MR) is 174 cm³/mol. The Morgan fingerprint density at radius 2 is 1.02 bits per heavy atom. The summed E-state index contributed by atoms with van der Waals surface area (Å²) in [4.78, 5) is 14.6. The van der Waals surface area contributed by atoms with Crippen molar-refractivity contribution in [3.8, 4) is 56.4 Å². The molecule has 0 aliphatic rings. The molecule has 0 saturated heterocycles. The zero-order chi connectivity index (χ0) is 37.3. The van der Waals surface area contributed by atoms with Crippen molar-refractivity contribution >= 4 is 21.9 Å². The quantitative estimate of drug-likeness (QED) is 0.210. The fourth-order valence-electron chi connectivity index (χ4n) is 5.14. The Labute approximate surface area is 263 Å². The number of aromatic nitrogens is 3. The second-order valence-electron chi connectivity index (χ2n) is 9.71. The van der Waals surface area contributed by atoms with E-state index in [1.165, 1.54) is 0 Å². The summed E-state index contributed by atoms with van der Waals surface area (Å²) >= 11 is 0. The van der Waals surface area contributed by atoms with Crippen LogP contribution >= 0.6 is 0 Å². The second kappa shape index (κ2) is 10.5. The molecule has 2 aromatic heterocycles. The fraction of sp³-hybridized carbons (Fsp3) is 0. The number of rotatable bonds is 5. The van der Waals surface area contributed by atoms with Gasteiger partial charge < -0.3 is 4.42 Å². The van der Waals surface area contributed by atoms with E-state index in [4.69, 9.17) is 33.1 Å². The molecule has 2 heterocycles. The van der Waals surface area contributed by atoms with E-state index in [0.29, 0.717) is 61.7 Å². The average molecular weight is 562 g/mol. The molecule has 4 heteroatoms. The molecule has 0 fully saturated rings. The fourth-order valence-corrected chi connectivity index (χ4v) is 5.14. The molecular formula is C39H25N3O. The van der Waals surface area contributed by atoms with Gasteiger partial charge in [0.05, 0.1) is 13.7 Å². The highest BCUT2D eigenvalue weighted by Crippen LogP contribution is 2.40. The van der Waals surface area contributed by atoms with Crippen LogP contribution in [0.5, 0.6) is 0 Å². The summed E-state index contributed by atoms with van der Waals surface area (Å²) in [5, 5.41) is 1.29. The van der Waals surface area contributed by atoms with Crippen LogP contribution in [0.25, 0.3) is 78.4 Å². The first kappa shape index (κ1) is 16.5. The van der Waals surface area contributed by atoms with Gasteiger partial charge in [-0.2, -0.15) is 0 Å². The molecule has 0 amide bonds. The van der Waals surface area contributed by atoms with Crippen LogP contribution in [0.2, 0.25) is 0 Å². The van der Waals surface area contributed by atoms with E-state index in [0.717, 1.165) is 5.56 Å². The van der Waals surface area contributed by atoms with E-state index in [2.05, 4.69) is 0 Å². The van der Waals surface area contributed by atoms with Crippen molar-refractivity contribution in [2.45, 2.75) is 0 Å². The van der Waals surface area contributed by atoms with Gasteiger partial charge in [-0.1, -0.05) is 145 Å². The molecule has 0 bridgehead atoms. The Kier molecular flexibility index (Phi) is 4.04. The molecule has 8 aromatic rings. The molecule has 0 saturated carbocycles. The molecule has 0 spiro atoms.